The molecule has 0 aliphatic rings. The van der Waals surface area contributed by atoms with Gasteiger partial charge in [-0.15, -0.1) is 0 Å². The maximum atomic E-state index is 14.5. The van der Waals surface area contributed by atoms with E-state index in [-0.39, 0.29) is 41.5 Å². The summed E-state index contributed by atoms with van der Waals surface area (Å²) in [6.07, 6.45) is -3.14. The third-order valence-electron chi connectivity index (χ3n) is 6.43. The van der Waals surface area contributed by atoms with Gasteiger partial charge in [0.15, 0.2) is 11.9 Å². The lowest BCUT2D eigenvalue weighted by atomic mass is 10.1. The molecule has 3 amide bonds. The molecule has 244 valence electrons. The largest absolute Gasteiger partial charge is 0.436 e. The number of aromatic nitrogens is 4. The summed E-state index contributed by atoms with van der Waals surface area (Å²) in [6, 6.07) is 1.41. The molecule has 0 aliphatic carbocycles. The molecule has 1 atom stereocenters. The Kier molecular flexibility index (Phi) is 11.1. The average Bonchev–Trinajstić information content (AvgIpc) is 3.37. The Morgan fingerprint density at radius 1 is 1.13 bits per heavy atom. The Morgan fingerprint density at radius 3 is 2.42 bits per heavy atom. The first-order valence-corrected chi connectivity index (χ1v) is 13.9. The van der Waals surface area contributed by atoms with Crippen molar-refractivity contribution in [3.8, 4) is 0 Å². The van der Waals surface area contributed by atoms with Crippen molar-refractivity contribution in [2.45, 2.75) is 51.9 Å². The van der Waals surface area contributed by atoms with Gasteiger partial charge in [-0.05, 0) is 43.4 Å². The van der Waals surface area contributed by atoms with Gasteiger partial charge < -0.3 is 24.8 Å². The number of likely N-dealkylation sites (N-methyl/N-ethyl adjacent to an activating group) is 1. The minimum Gasteiger partial charge on any atom is -0.436 e. The number of anilines is 1. The Labute approximate surface area is 256 Å². The van der Waals surface area contributed by atoms with Crippen LogP contribution in [0.3, 0.4) is 0 Å². The molecule has 0 aromatic carbocycles. The number of allylic oxidation sites excluding steroid dienone is 1. The van der Waals surface area contributed by atoms with Gasteiger partial charge in [-0.1, -0.05) is 19.9 Å². The summed E-state index contributed by atoms with van der Waals surface area (Å²) in [5.41, 5.74) is -2.55. The first-order valence-electron chi connectivity index (χ1n) is 13.9. The zero-order valence-corrected chi connectivity index (χ0v) is 25.7. The van der Waals surface area contributed by atoms with Crippen molar-refractivity contribution in [3.05, 3.63) is 63.9 Å². The number of fused-ring (bicyclic) bond motifs is 1. The van der Waals surface area contributed by atoms with Crippen LogP contribution in [0.5, 0.6) is 0 Å². The number of alkyl halides is 3. The summed E-state index contributed by atoms with van der Waals surface area (Å²) in [5.74, 6) is -2.09. The van der Waals surface area contributed by atoms with Crippen LogP contribution in [0.15, 0.2) is 35.3 Å². The van der Waals surface area contributed by atoms with Crippen molar-refractivity contribution in [1.29, 1.82) is 0 Å². The first-order chi connectivity index (χ1) is 21.0. The predicted octanol–water partition coefficient (Wildman–Crippen LogP) is 3.95. The predicted molar refractivity (Wildman–Crippen MR) is 157 cm³/mol. The molecule has 0 bridgehead atoms. The number of carbonyl (C=O) groups excluding carboxylic acids is 3. The Hall–Kier alpha value is -4.76. The number of nitrogens with one attached hydrogen (secondary N) is 2. The second-order valence-corrected chi connectivity index (χ2v) is 11.0. The topological polar surface area (TPSA) is 143 Å². The third-order valence-corrected chi connectivity index (χ3v) is 6.43. The molecule has 0 spiro atoms. The number of nitrogens with zero attached hydrogens (tertiary/aromatic N) is 5. The number of amides is 3. The Balaban J connectivity index is 1.96. The van der Waals surface area contributed by atoms with Crippen LogP contribution in [0.4, 0.5) is 28.0 Å². The highest BCUT2D eigenvalue weighted by molar-refractivity contribution is 5.95. The molecule has 16 heteroatoms. The molecule has 12 nitrogen and oxygen atoms in total. The molecule has 0 saturated heterocycles. The van der Waals surface area contributed by atoms with E-state index in [2.05, 4.69) is 20.3 Å². The number of imidazole rings is 1. The molecule has 0 aliphatic heterocycles. The van der Waals surface area contributed by atoms with Crippen molar-refractivity contribution >= 4 is 34.6 Å². The van der Waals surface area contributed by atoms with Crippen LogP contribution < -0.4 is 10.9 Å². The number of hydrogen-bond acceptors (Lipinski definition) is 7. The van der Waals surface area contributed by atoms with E-state index in [4.69, 9.17) is 4.74 Å². The van der Waals surface area contributed by atoms with Gasteiger partial charge in [0.05, 0.1) is 24.0 Å². The highest BCUT2D eigenvalue weighted by atomic mass is 19.4. The van der Waals surface area contributed by atoms with E-state index in [0.29, 0.717) is 22.7 Å². The molecule has 0 radical (unpaired) electrons. The van der Waals surface area contributed by atoms with E-state index >= 15 is 0 Å². The number of carbonyl (C=O) groups is 3. The lowest BCUT2D eigenvalue weighted by Gasteiger charge is -2.20. The molecule has 3 aromatic heterocycles. The van der Waals surface area contributed by atoms with Crippen LogP contribution in [-0.2, 0) is 33.5 Å². The number of H-pyrrole nitrogens is 1. The van der Waals surface area contributed by atoms with Crippen LogP contribution >= 0.6 is 0 Å². The maximum Gasteiger partial charge on any atom is 0.431 e. The normalized spacial score (nSPS) is 12.5. The van der Waals surface area contributed by atoms with Gasteiger partial charge in [0.2, 0.25) is 5.91 Å². The van der Waals surface area contributed by atoms with Crippen LogP contribution in [0.1, 0.15) is 43.9 Å². The number of ether oxygens (including phenoxy) is 1. The van der Waals surface area contributed by atoms with Crippen molar-refractivity contribution in [2.75, 3.05) is 33.5 Å². The first kappa shape index (κ1) is 34.7. The van der Waals surface area contributed by atoms with Gasteiger partial charge in [0.1, 0.15) is 22.7 Å². The van der Waals surface area contributed by atoms with Gasteiger partial charge in [-0.25, -0.2) is 14.2 Å². The lowest BCUT2D eigenvalue weighted by molar-refractivity contribution is -0.144. The van der Waals surface area contributed by atoms with Crippen molar-refractivity contribution in [2.24, 2.45) is 5.92 Å². The lowest BCUT2D eigenvalue weighted by Crippen LogP contribution is -2.38. The smallest absolute Gasteiger partial charge is 0.431 e. The Bertz CT molecular complexity index is 1640. The monoisotopic (exact) mass is 637 g/mol. The SMILES string of the molecule is CC(C)Cc1ncc(F)c2nc(Cn3c(C(F)(F)F)ccc(NC(=O)[C@H](CC/C=C/C(=O)N(C)C)OC(=O)N(C)C)c3=O)[nH]c12. The molecular formula is C29H35F4N7O5. The molecule has 2 N–H and O–H groups in total. The van der Waals surface area contributed by atoms with Crippen LogP contribution in [0.25, 0.3) is 11.0 Å². The fourth-order valence-corrected chi connectivity index (χ4v) is 4.17. The third kappa shape index (κ3) is 8.89. The number of rotatable bonds is 11. The van der Waals surface area contributed by atoms with Gasteiger partial charge in [-0.3, -0.25) is 23.9 Å². The van der Waals surface area contributed by atoms with Gasteiger partial charge in [0.25, 0.3) is 11.5 Å². The molecule has 0 saturated carbocycles. The number of halogens is 4. The summed E-state index contributed by atoms with van der Waals surface area (Å²) in [7, 11) is 5.86. The summed E-state index contributed by atoms with van der Waals surface area (Å²) in [4.78, 5) is 63.9. The van der Waals surface area contributed by atoms with E-state index in [0.717, 1.165) is 17.2 Å². The van der Waals surface area contributed by atoms with Crippen molar-refractivity contribution in [3.63, 3.8) is 0 Å². The second-order valence-electron chi connectivity index (χ2n) is 11.0. The minimum atomic E-state index is -4.97. The van der Waals surface area contributed by atoms with Gasteiger partial charge in [0, 0.05) is 28.2 Å². The quantitative estimate of drug-likeness (QED) is 0.240. The molecule has 3 heterocycles. The van der Waals surface area contributed by atoms with Crippen molar-refractivity contribution in [1.82, 2.24) is 29.3 Å². The van der Waals surface area contributed by atoms with E-state index in [9.17, 15) is 36.7 Å². The van der Waals surface area contributed by atoms with E-state index in [1.807, 2.05) is 13.8 Å². The summed E-state index contributed by atoms with van der Waals surface area (Å²) in [5, 5.41) is 2.26. The average molecular weight is 638 g/mol. The van der Waals surface area contributed by atoms with E-state index in [1.165, 1.54) is 31.1 Å². The number of aromatic amines is 1. The summed E-state index contributed by atoms with van der Waals surface area (Å²) >= 11 is 0. The molecule has 3 rings (SSSR count). The van der Waals surface area contributed by atoms with Gasteiger partial charge in [-0.2, -0.15) is 13.2 Å². The van der Waals surface area contributed by atoms with Crippen molar-refractivity contribution < 1.29 is 36.7 Å². The standard InChI is InChI=1S/C29H35F4N7O5/c1-16(2)13-19-25-24(17(30)14-34-19)36-22(37-25)15-40-21(29(31,32)33)12-11-18(27(40)43)35-26(42)20(45-28(44)39(5)6)9-7-8-10-23(41)38(3)4/h8,10-12,14,16,20H,7,9,13,15H2,1-6H3,(H,35,42)(H,36,37)/b10-8+/t20-/m0/s1. The van der Waals surface area contributed by atoms with E-state index in [1.54, 1.807) is 14.1 Å². The van der Waals surface area contributed by atoms with E-state index < -0.39 is 53.6 Å². The zero-order valence-electron chi connectivity index (χ0n) is 25.7. The second kappa shape index (κ2) is 14.3. The maximum absolute atomic E-state index is 14.5. The molecule has 0 fully saturated rings. The number of hydrogen-bond donors (Lipinski definition) is 2. The fourth-order valence-electron chi connectivity index (χ4n) is 4.17. The fraction of sp³-hybridized carbons (Fsp3) is 0.448. The van der Waals surface area contributed by atoms with Crippen LogP contribution in [0.2, 0.25) is 0 Å². The van der Waals surface area contributed by atoms with Crippen LogP contribution in [0, 0.1) is 11.7 Å². The minimum absolute atomic E-state index is 0.102. The molecule has 0 unspecified atom stereocenters. The van der Waals surface area contributed by atoms with Crippen LogP contribution in [-0.4, -0.2) is 81.5 Å². The Morgan fingerprint density at radius 2 is 1.82 bits per heavy atom. The zero-order chi connectivity index (χ0) is 33.6. The summed E-state index contributed by atoms with van der Waals surface area (Å²) in [6.45, 7) is 3.09. The number of pyridine rings is 2. The highest BCUT2D eigenvalue weighted by Crippen LogP contribution is 2.30. The summed E-state index contributed by atoms with van der Waals surface area (Å²) < 4.78 is 62.1. The molecular weight excluding hydrogens is 602 g/mol. The highest BCUT2D eigenvalue weighted by Gasteiger charge is 2.35. The van der Waals surface area contributed by atoms with Gasteiger partial charge >= 0.3 is 12.3 Å². The molecule has 3 aromatic rings. The molecule has 45 heavy (non-hydrogen) atoms.